The molecule has 0 saturated heterocycles. The van der Waals surface area contributed by atoms with Gasteiger partial charge in [-0.1, -0.05) is 67.8 Å². The average Bonchev–Trinajstić information content (AvgIpc) is 3.14. The highest BCUT2D eigenvalue weighted by molar-refractivity contribution is 5.79. The van der Waals surface area contributed by atoms with Crippen molar-refractivity contribution < 1.29 is 0 Å². The summed E-state index contributed by atoms with van der Waals surface area (Å²) in [5, 5.41) is 0. The molecule has 0 unspecified atom stereocenters. The van der Waals surface area contributed by atoms with Crippen LogP contribution in [0.4, 0.5) is 0 Å². The predicted molar refractivity (Wildman–Crippen MR) is 88.8 cm³/mol. The summed E-state index contributed by atoms with van der Waals surface area (Å²) in [6.45, 7) is 4.73. The Labute approximate surface area is 126 Å². The van der Waals surface area contributed by atoms with Crippen LogP contribution in [0.2, 0.25) is 0 Å². The third-order valence-electron chi connectivity index (χ3n) is 4.96. The molecule has 104 valence electrons. The Morgan fingerprint density at radius 1 is 0.810 bits per heavy atom. The van der Waals surface area contributed by atoms with Crippen molar-refractivity contribution in [3.8, 4) is 11.1 Å². The first-order valence-corrected chi connectivity index (χ1v) is 7.60. The fourth-order valence-electron chi connectivity index (χ4n) is 3.90. The van der Waals surface area contributed by atoms with E-state index in [4.69, 9.17) is 0 Å². The predicted octanol–water partition coefficient (Wildman–Crippen LogP) is 5.50. The first-order valence-electron chi connectivity index (χ1n) is 7.60. The van der Waals surface area contributed by atoms with E-state index in [9.17, 15) is 0 Å². The summed E-state index contributed by atoms with van der Waals surface area (Å²) >= 11 is 0. The van der Waals surface area contributed by atoms with Crippen molar-refractivity contribution in [2.45, 2.75) is 25.2 Å². The van der Waals surface area contributed by atoms with Gasteiger partial charge >= 0.3 is 0 Å². The maximum Gasteiger partial charge on any atom is 0.00792 e. The van der Waals surface area contributed by atoms with Crippen LogP contribution in [0.15, 0.2) is 72.8 Å². The van der Waals surface area contributed by atoms with Gasteiger partial charge in [0.15, 0.2) is 0 Å². The lowest BCUT2D eigenvalue weighted by Gasteiger charge is -2.38. The summed E-state index contributed by atoms with van der Waals surface area (Å²) in [7, 11) is 0. The second-order valence-electron chi connectivity index (χ2n) is 6.50. The molecule has 1 aliphatic rings. The smallest absolute Gasteiger partial charge is 0.00792 e. The molecule has 0 fully saturated rings. The number of fused-ring (bicyclic) bond motifs is 3. The molecular weight excluding hydrogens is 252 g/mol. The van der Waals surface area contributed by atoms with Crippen LogP contribution >= 0.6 is 0 Å². The minimum absolute atomic E-state index is 0.0895. The van der Waals surface area contributed by atoms with Crippen LogP contribution in [0.1, 0.15) is 36.5 Å². The van der Waals surface area contributed by atoms with Crippen LogP contribution in [0, 0.1) is 0 Å². The SMILES string of the molecule is CC(C)(c1cc[cH-]c1)C1c2ccccc2-c2ccccc21. The second-order valence-corrected chi connectivity index (χ2v) is 6.50. The highest BCUT2D eigenvalue weighted by Gasteiger charge is 2.37. The van der Waals surface area contributed by atoms with Crippen molar-refractivity contribution in [1.29, 1.82) is 0 Å². The molecule has 0 nitrogen and oxygen atoms in total. The van der Waals surface area contributed by atoms with Gasteiger partial charge in [-0.15, -0.1) is 0 Å². The van der Waals surface area contributed by atoms with Crippen LogP contribution in [0.25, 0.3) is 11.1 Å². The van der Waals surface area contributed by atoms with Gasteiger partial charge in [0.2, 0.25) is 0 Å². The summed E-state index contributed by atoms with van der Waals surface area (Å²) in [6, 6.07) is 26.5. The maximum absolute atomic E-state index is 2.37. The standard InChI is InChI=1S/C21H19/c1-21(2,15-9-3-4-10-15)20-18-13-7-5-11-16(18)17-12-6-8-14-19(17)20/h3-14,20H,1-2H3/q-1. The molecule has 0 spiro atoms. The minimum Gasteiger partial charge on any atom is -0.210 e. The molecule has 0 N–H and O–H groups in total. The third-order valence-corrected chi connectivity index (χ3v) is 4.96. The molecule has 3 aromatic carbocycles. The molecule has 1 aliphatic carbocycles. The Hall–Kier alpha value is -2.21. The Kier molecular flexibility index (Phi) is 2.62. The second kappa shape index (κ2) is 4.39. The zero-order valence-corrected chi connectivity index (χ0v) is 12.5. The van der Waals surface area contributed by atoms with Crippen molar-refractivity contribution in [3.63, 3.8) is 0 Å². The molecule has 0 saturated carbocycles. The average molecular weight is 271 g/mol. The number of rotatable bonds is 2. The molecule has 4 rings (SSSR count). The summed E-state index contributed by atoms with van der Waals surface area (Å²) in [6.07, 6.45) is 0. The molecule has 0 radical (unpaired) electrons. The Balaban J connectivity index is 1.97. The highest BCUT2D eigenvalue weighted by Crippen LogP contribution is 2.53. The van der Waals surface area contributed by atoms with Gasteiger partial charge in [-0.05, 0) is 22.3 Å². The van der Waals surface area contributed by atoms with Gasteiger partial charge in [0.25, 0.3) is 0 Å². The maximum atomic E-state index is 2.37. The fraction of sp³-hybridized carbons (Fsp3) is 0.190. The molecule has 0 aromatic heterocycles. The quantitative estimate of drug-likeness (QED) is 0.540. The topological polar surface area (TPSA) is 0 Å². The lowest BCUT2D eigenvalue weighted by molar-refractivity contribution is 0.467. The summed E-state index contributed by atoms with van der Waals surface area (Å²) in [4.78, 5) is 0. The van der Waals surface area contributed by atoms with E-state index in [2.05, 4.69) is 86.6 Å². The van der Waals surface area contributed by atoms with Crippen LogP contribution in [0.3, 0.4) is 0 Å². The molecule has 0 atom stereocenters. The number of hydrogen-bond acceptors (Lipinski definition) is 0. The van der Waals surface area contributed by atoms with E-state index >= 15 is 0 Å². The van der Waals surface area contributed by atoms with Crippen molar-refractivity contribution >= 4 is 0 Å². The van der Waals surface area contributed by atoms with E-state index < -0.39 is 0 Å². The summed E-state index contributed by atoms with van der Waals surface area (Å²) in [5.74, 6) is 0.423. The molecule has 0 amide bonds. The van der Waals surface area contributed by atoms with Gasteiger partial charge < -0.3 is 0 Å². The zero-order chi connectivity index (χ0) is 14.4. The normalized spacial score (nSPS) is 14.0. The van der Waals surface area contributed by atoms with Gasteiger partial charge in [0.05, 0.1) is 0 Å². The third kappa shape index (κ3) is 1.72. The lowest BCUT2D eigenvalue weighted by atomic mass is 9.70. The van der Waals surface area contributed by atoms with Crippen molar-refractivity contribution in [2.24, 2.45) is 0 Å². The van der Waals surface area contributed by atoms with E-state index in [1.807, 2.05) is 0 Å². The first-order chi connectivity index (χ1) is 10.2. The summed E-state index contributed by atoms with van der Waals surface area (Å²) < 4.78 is 0. The van der Waals surface area contributed by atoms with Gasteiger partial charge in [0, 0.05) is 5.92 Å². The summed E-state index contributed by atoms with van der Waals surface area (Å²) in [5.41, 5.74) is 7.23. The number of benzene rings is 2. The molecule has 3 aromatic rings. The van der Waals surface area contributed by atoms with E-state index in [0.29, 0.717) is 5.92 Å². The van der Waals surface area contributed by atoms with Gasteiger partial charge in [0.1, 0.15) is 0 Å². The van der Waals surface area contributed by atoms with E-state index in [1.165, 1.54) is 27.8 Å². The monoisotopic (exact) mass is 271 g/mol. The Bertz CT molecular complexity index is 730. The van der Waals surface area contributed by atoms with E-state index in [-0.39, 0.29) is 5.41 Å². The first kappa shape index (κ1) is 12.5. The Morgan fingerprint density at radius 2 is 1.38 bits per heavy atom. The highest BCUT2D eigenvalue weighted by atomic mass is 14.4. The van der Waals surface area contributed by atoms with Gasteiger partial charge in [-0.2, -0.15) is 23.8 Å². The van der Waals surface area contributed by atoms with Crippen LogP contribution in [-0.2, 0) is 5.41 Å². The van der Waals surface area contributed by atoms with Gasteiger partial charge in [-0.3, -0.25) is 0 Å². The molecular formula is C21H19-. The van der Waals surface area contributed by atoms with Crippen LogP contribution in [-0.4, -0.2) is 0 Å². The number of hydrogen-bond donors (Lipinski definition) is 0. The lowest BCUT2D eigenvalue weighted by Crippen LogP contribution is -2.26. The van der Waals surface area contributed by atoms with Crippen molar-refractivity contribution in [2.75, 3.05) is 0 Å². The van der Waals surface area contributed by atoms with Crippen molar-refractivity contribution in [1.82, 2.24) is 0 Å². The van der Waals surface area contributed by atoms with Crippen LogP contribution < -0.4 is 0 Å². The van der Waals surface area contributed by atoms with Gasteiger partial charge in [-0.25, -0.2) is 6.07 Å². The molecule has 21 heavy (non-hydrogen) atoms. The fourth-order valence-corrected chi connectivity index (χ4v) is 3.90. The van der Waals surface area contributed by atoms with Crippen molar-refractivity contribution in [3.05, 3.63) is 89.5 Å². The molecule has 0 heteroatoms. The van der Waals surface area contributed by atoms with E-state index in [0.717, 1.165) is 0 Å². The van der Waals surface area contributed by atoms with E-state index in [1.54, 1.807) is 0 Å². The minimum atomic E-state index is 0.0895. The largest absolute Gasteiger partial charge is 0.210 e. The Morgan fingerprint density at radius 3 is 1.90 bits per heavy atom. The molecule has 0 aliphatic heterocycles. The molecule has 0 bridgehead atoms. The zero-order valence-electron chi connectivity index (χ0n) is 12.5. The molecule has 0 heterocycles. The van der Waals surface area contributed by atoms with Crippen LogP contribution in [0.5, 0.6) is 0 Å².